The van der Waals surface area contributed by atoms with Gasteiger partial charge in [-0.3, -0.25) is 14.6 Å². The van der Waals surface area contributed by atoms with E-state index in [4.69, 9.17) is 16.3 Å². The van der Waals surface area contributed by atoms with E-state index in [1.165, 1.54) is 13.8 Å². The summed E-state index contributed by atoms with van der Waals surface area (Å²) in [5.74, 6) is -0.476. The standard InChI is InChI=1S/C20H21ClN2O3/c1-14(24)23-19-10-9-17(21)13-18(19)20(16-7-4-3-5-8-16)22-11-6-12-26-15(2)25/h3-5,7-10,13H,6,11-12H2,1-2H3,(H,23,24). The van der Waals surface area contributed by atoms with Gasteiger partial charge in [0.15, 0.2) is 0 Å². The van der Waals surface area contributed by atoms with Crippen LogP contribution in [0.4, 0.5) is 5.69 Å². The number of nitrogens with zero attached hydrogens (tertiary/aromatic N) is 1. The molecule has 5 nitrogen and oxygen atoms in total. The third-order valence-electron chi connectivity index (χ3n) is 3.47. The number of amides is 1. The Kier molecular flexibility index (Phi) is 7.36. The number of ether oxygens (including phenoxy) is 1. The maximum atomic E-state index is 11.5. The molecule has 0 spiro atoms. The minimum absolute atomic E-state index is 0.171. The number of halogens is 1. The van der Waals surface area contributed by atoms with Crippen LogP contribution < -0.4 is 5.32 Å². The van der Waals surface area contributed by atoms with Crippen LogP contribution in [0, 0.1) is 0 Å². The molecule has 0 radical (unpaired) electrons. The van der Waals surface area contributed by atoms with Gasteiger partial charge in [-0.2, -0.15) is 0 Å². The maximum Gasteiger partial charge on any atom is 0.302 e. The van der Waals surface area contributed by atoms with E-state index in [1.54, 1.807) is 18.2 Å². The third-order valence-corrected chi connectivity index (χ3v) is 3.71. The Bertz CT molecular complexity index is 804. The summed E-state index contributed by atoms with van der Waals surface area (Å²) in [5, 5.41) is 3.37. The normalized spacial score (nSPS) is 11.1. The van der Waals surface area contributed by atoms with Gasteiger partial charge in [0.2, 0.25) is 5.91 Å². The number of carbonyl (C=O) groups excluding carboxylic acids is 2. The molecule has 0 heterocycles. The lowest BCUT2D eigenvalue weighted by molar-refractivity contribution is -0.141. The minimum Gasteiger partial charge on any atom is -0.466 e. The van der Waals surface area contributed by atoms with E-state index in [9.17, 15) is 9.59 Å². The molecule has 26 heavy (non-hydrogen) atoms. The first-order chi connectivity index (χ1) is 12.5. The van der Waals surface area contributed by atoms with Gasteiger partial charge >= 0.3 is 5.97 Å². The van der Waals surface area contributed by atoms with Crippen LogP contribution in [0.5, 0.6) is 0 Å². The molecule has 1 N–H and O–H groups in total. The van der Waals surface area contributed by atoms with E-state index >= 15 is 0 Å². The Hall–Kier alpha value is -2.66. The molecule has 0 aliphatic rings. The van der Waals surface area contributed by atoms with Crippen LogP contribution >= 0.6 is 11.6 Å². The highest BCUT2D eigenvalue weighted by molar-refractivity contribution is 6.31. The van der Waals surface area contributed by atoms with Gasteiger partial charge in [0.1, 0.15) is 0 Å². The van der Waals surface area contributed by atoms with Crippen LogP contribution in [-0.2, 0) is 14.3 Å². The molecular formula is C20H21ClN2O3. The van der Waals surface area contributed by atoms with Gasteiger partial charge in [-0.25, -0.2) is 0 Å². The van der Waals surface area contributed by atoms with E-state index in [-0.39, 0.29) is 11.9 Å². The Morgan fingerprint density at radius 1 is 1.12 bits per heavy atom. The van der Waals surface area contributed by atoms with Crippen molar-refractivity contribution in [3.05, 3.63) is 64.7 Å². The van der Waals surface area contributed by atoms with E-state index < -0.39 is 0 Å². The van der Waals surface area contributed by atoms with Gasteiger partial charge in [0.05, 0.1) is 18.0 Å². The van der Waals surface area contributed by atoms with Crippen LogP contribution in [0.3, 0.4) is 0 Å². The smallest absolute Gasteiger partial charge is 0.302 e. The summed E-state index contributed by atoms with van der Waals surface area (Å²) in [6.45, 7) is 3.62. The number of esters is 1. The first-order valence-electron chi connectivity index (χ1n) is 8.28. The Balaban J connectivity index is 2.36. The fourth-order valence-electron chi connectivity index (χ4n) is 2.41. The molecule has 0 saturated carbocycles. The number of rotatable bonds is 7. The zero-order valence-electron chi connectivity index (χ0n) is 14.8. The second-order valence-corrected chi connectivity index (χ2v) is 6.10. The molecule has 6 heteroatoms. The molecule has 2 rings (SSSR count). The number of nitrogens with one attached hydrogen (secondary N) is 1. The summed E-state index contributed by atoms with van der Waals surface area (Å²) in [7, 11) is 0. The van der Waals surface area contributed by atoms with Crippen molar-refractivity contribution >= 4 is 34.9 Å². The summed E-state index contributed by atoms with van der Waals surface area (Å²) in [4.78, 5) is 27.1. The summed E-state index contributed by atoms with van der Waals surface area (Å²) >= 11 is 6.18. The molecule has 0 fully saturated rings. The number of hydrogen-bond acceptors (Lipinski definition) is 4. The lowest BCUT2D eigenvalue weighted by Gasteiger charge is -2.14. The Labute approximate surface area is 158 Å². The van der Waals surface area contributed by atoms with E-state index in [0.717, 1.165) is 16.8 Å². The van der Waals surface area contributed by atoms with Crippen molar-refractivity contribution in [3.8, 4) is 0 Å². The van der Waals surface area contributed by atoms with Crippen LogP contribution in [0.1, 0.15) is 31.4 Å². The fraction of sp³-hybridized carbons (Fsp3) is 0.250. The maximum absolute atomic E-state index is 11.5. The fourth-order valence-corrected chi connectivity index (χ4v) is 2.58. The Morgan fingerprint density at radius 2 is 1.85 bits per heavy atom. The summed E-state index contributed by atoms with van der Waals surface area (Å²) < 4.78 is 4.94. The molecule has 0 bridgehead atoms. The van der Waals surface area contributed by atoms with Gasteiger partial charge in [0, 0.05) is 43.0 Å². The van der Waals surface area contributed by atoms with E-state index in [2.05, 4.69) is 10.3 Å². The monoisotopic (exact) mass is 372 g/mol. The molecule has 0 aliphatic carbocycles. The SMILES string of the molecule is CC(=O)Nc1ccc(Cl)cc1C(=NCCCOC(C)=O)c1ccccc1. The highest BCUT2D eigenvalue weighted by Crippen LogP contribution is 2.24. The van der Waals surface area contributed by atoms with Crippen molar-refractivity contribution in [2.24, 2.45) is 4.99 Å². The third kappa shape index (κ3) is 6.01. The summed E-state index contributed by atoms with van der Waals surface area (Å²) in [5.41, 5.74) is 3.02. The van der Waals surface area contributed by atoms with Crippen molar-refractivity contribution in [2.45, 2.75) is 20.3 Å². The number of anilines is 1. The van der Waals surface area contributed by atoms with Gasteiger partial charge in [-0.05, 0) is 18.2 Å². The van der Waals surface area contributed by atoms with Crippen molar-refractivity contribution in [1.29, 1.82) is 0 Å². The number of carbonyl (C=O) groups is 2. The van der Waals surface area contributed by atoms with Crippen LogP contribution in [-0.4, -0.2) is 30.7 Å². The zero-order chi connectivity index (χ0) is 18.9. The van der Waals surface area contributed by atoms with Crippen molar-refractivity contribution in [1.82, 2.24) is 0 Å². The highest BCUT2D eigenvalue weighted by Gasteiger charge is 2.13. The largest absolute Gasteiger partial charge is 0.466 e. The molecule has 2 aromatic rings. The van der Waals surface area contributed by atoms with Crippen molar-refractivity contribution < 1.29 is 14.3 Å². The van der Waals surface area contributed by atoms with Crippen LogP contribution in [0.25, 0.3) is 0 Å². The average Bonchev–Trinajstić information content (AvgIpc) is 2.60. The number of benzene rings is 2. The molecule has 2 aromatic carbocycles. The van der Waals surface area contributed by atoms with E-state index in [0.29, 0.717) is 30.3 Å². The first-order valence-corrected chi connectivity index (χ1v) is 8.66. The first kappa shape index (κ1) is 19.7. The molecular weight excluding hydrogens is 352 g/mol. The summed E-state index contributed by atoms with van der Waals surface area (Å²) in [6, 6.07) is 14.9. The van der Waals surface area contributed by atoms with Crippen molar-refractivity contribution in [2.75, 3.05) is 18.5 Å². The lowest BCUT2D eigenvalue weighted by atomic mass is 10.00. The van der Waals surface area contributed by atoms with Crippen molar-refractivity contribution in [3.63, 3.8) is 0 Å². The lowest BCUT2D eigenvalue weighted by Crippen LogP contribution is -2.13. The second kappa shape index (κ2) is 9.73. The zero-order valence-corrected chi connectivity index (χ0v) is 15.5. The van der Waals surface area contributed by atoms with Gasteiger partial charge in [-0.15, -0.1) is 0 Å². The molecule has 136 valence electrons. The van der Waals surface area contributed by atoms with Gasteiger partial charge < -0.3 is 10.1 Å². The van der Waals surface area contributed by atoms with Crippen LogP contribution in [0.15, 0.2) is 53.5 Å². The van der Waals surface area contributed by atoms with Gasteiger partial charge in [0.25, 0.3) is 0 Å². The minimum atomic E-state index is -0.306. The molecule has 0 unspecified atom stereocenters. The van der Waals surface area contributed by atoms with E-state index in [1.807, 2.05) is 30.3 Å². The highest BCUT2D eigenvalue weighted by atomic mass is 35.5. The number of aliphatic imine (C=N–C) groups is 1. The molecule has 0 aliphatic heterocycles. The molecule has 0 atom stereocenters. The van der Waals surface area contributed by atoms with Crippen LogP contribution in [0.2, 0.25) is 5.02 Å². The summed E-state index contributed by atoms with van der Waals surface area (Å²) in [6.07, 6.45) is 0.603. The topological polar surface area (TPSA) is 67.8 Å². The molecule has 0 saturated heterocycles. The number of hydrogen-bond donors (Lipinski definition) is 1. The molecule has 1 amide bonds. The molecule has 0 aromatic heterocycles. The van der Waals surface area contributed by atoms with Gasteiger partial charge in [-0.1, -0.05) is 41.9 Å². The second-order valence-electron chi connectivity index (χ2n) is 5.66. The Morgan fingerprint density at radius 3 is 2.50 bits per heavy atom. The predicted molar refractivity (Wildman–Crippen MR) is 104 cm³/mol. The average molecular weight is 373 g/mol. The predicted octanol–water partition coefficient (Wildman–Crippen LogP) is 4.09. The quantitative estimate of drug-likeness (QED) is 0.452.